The summed E-state index contributed by atoms with van der Waals surface area (Å²) in [6.07, 6.45) is 0. The van der Waals surface area contributed by atoms with Gasteiger partial charge in [0, 0.05) is 5.41 Å². The first-order valence-corrected chi connectivity index (χ1v) is 27.4. The molecule has 1 aliphatic carbocycles. The molecule has 0 heterocycles. The Morgan fingerprint density at radius 3 is 1.03 bits per heavy atom. The zero-order valence-corrected chi connectivity index (χ0v) is 41.2. The van der Waals surface area contributed by atoms with Gasteiger partial charge in [0.15, 0.2) is 8.07 Å². The van der Waals surface area contributed by atoms with Gasteiger partial charge in [-0.3, -0.25) is 0 Å². The molecule has 1 aliphatic rings. The molecule has 0 saturated heterocycles. The normalized spacial score (nSPS) is 13.2. The summed E-state index contributed by atoms with van der Waals surface area (Å²) >= 11 is 0. The summed E-state index contributed by atoms with van der Waals surface area (Å²) in [6.45, 7) is 4.87. The molecule has 0 aliphatic heterocycles. The van der Waals surface area contributed by atoms with Gasteiger partial charge in [-0.05, 0) is 153 Å². The standard InChI is InChI=1S/C71H48Si/c1-71(2)64-42-51(57-35-28-49-26-24-45-14-12-16-47-30-40-62(57)69(49)67(45)47)33-38-60(64)61-39-34-52(43-65(61)71)59-37-32-53(58-36-29-50-27-25-46-15-13-17-48-31-41-63(58)70(50)68(46)48)44-66(59)72(54-18-6-3-7-19-54,55-20-8-4-9-21-55)56-22-10-5-11-23-56/h3-44H,1-2H3. The molecule has 1 heteroatoms. The molecule has 0 bridgehead atoms. The molecule has 72 heavy (non-hydrogen) atoms. The number of benzene rings is 14. The molecule has 14 aromatic rings. The van der Waals surface area contributed by atoms with E-state index in [1.807, 2.05) is 0 Å². The topological polar surface area (TPSA) is 0 Å². The van der Waals surface area contributed by atoms with E-state index in [0.29, 0.717) is 0 Å². The average Bonchev–Trinajstić information content (AvgIpc) is 3.67. The molecule has 0 nitrogen and oxygen atoms in total. The third-order valence-electron chi connectivity index (χ3n) is 16.7. The van der Waals surface area contributed by atoms with Gasteiger partial charge in [0.05, 0.1) is 0 Å². The van der Waals surface area contributed by atoms with Crippen molar-refractivity contribution in [2.24, 2.45) is 0 Å². The van der Waals surface area contributed by atoms with Crippen molar-refractivity contribution >= 4 is 93.5 Å². The molecule has 0 aromatic heterocycles. The van der Waals surface area contributed by atoms with Gasteiger partial charge < -0.3 is 0 Å². The fourth-order valence-corrected chi connectivity index (χ4v) is 18.4. The monoisotopic (exact) mass is 928 g/mol. The van der Waals surface area contributed by atoms with Gasteiger partial charge in [-0.2, -0.15) is 0 Å². The van der Waals surface area contributed by atoms with Gasteiger partial charge in [0.25, 0.3) is 0 Å². The summed E-state index contributed by atoms with van der Waals surface area (Å²) in [6, 6.07) is 97.5. The fraction of sp³-hybridized carbons (Fsp3) is 0.0423. The van der Waals surface area contributed by atoms with Crippen molar-refractivity contribution in [3.63, 3.8) is 0 Å². The lowest BCUT2D eigenvalue weighted by Gasteiger charge is -2.36. The zero-order chi connectivity index (χ0) is 47.7. The van der Waals surface area contributed by atoms with Crippen LogP contribution in [0.5, 0.6) is 0 Å². The van der Waals surface area contributed by atoms with E-state index in [9.17, 15) is 0 Å². The van der Waals surface area contributed by atoms with Crippen LogP contribution in [0.25, 0.3) is 109 Å². The lowest BCUT2D eigenvalue weighted by atomic mass is 9.80. The van der Waals surface area contributed by atoms with Crippen molar-refractivity contribution in [2.75, 3.05) is 0 Å². The maximum atomic E-state index is 2.59. The summed E-state index contributed by atoms with van der Waals surface area (Å²) in [5.41, 5.74) is 12.7. The van der Waals surface area contributed by atoms with Crippen LogP contribution in [0, 0.1) is 0 Å². The van der Waals surface area contributed by atoms with Crippen molar-refractivity contribution in [1.82, 2.24) is 0 Å². The number of fused-ring (bicyclic) bond motifs is 3. The first-order chi connectivity index (χ1) is 35.4. The van der Waals surface area contributed by atoms with E-state index in [1.165, 1.54) is 141 Å². The maximum absolute atomic E-state index is 3.04. The molecule has 0 atom stereocenters. The fourth-order valence-electron chi connectivity index (χ4n) is 13.4. The Kier molecular flexibility index (Phi) is 8.83. The third kappa shape index (κ3) is 5.80. The molecule has 0 unspecified atom stereocenters. The van der Waals surface area contributed by atoms with E-state index < -0.39 is 8.07 Å². The highest BCUT2D eigenvalue weighted by atomic mass is 28.3. The second-order valence-electron chi connectivity index (χ2n) is 20.7. The minimum Gasteiger partial charge on any atom is -0.0623 e. The summed E-state index contributed by atoms with van der Waals surface area (Å²) in [7, 11) is -3.04. The van der Waals surface area contributed by atoms with E-state index in [4.69, 9.17) is 0 Å². The minimum atomic E-state index is -3.04. The predicted octanol–water partition coefficient (Wildman–Crippen LogP) is 16.2. The lowest BCUT2D eigenvalue weighted by molar-refractivity contribution is 0.661. The average molecular weight is 929 g/mol. The minimum absolute atomic E-state index is 0.241. The van der Waals surface area contributed by atoms with Gasteiger partial charge in [-0.15, -0.1) is 0 Å². The lowest BCUT2D eigenvalue weighted by Crippen LogP contribution is -2.75. The van der Waals surface area contributed by atoms with Crippen molar-refractivity contribution in [3.8, 4) is 44.5 Å². The SMILES string of the molecule is CC1(C)c2cc(-c3ccc(-c4ccc5ccc6cccc7ccc4c5c67)cc3[Si](c3ccccc3)(c3ccccc3)c3ccccc3)ccc2-c2ccc(-c3ccc4ccc5cccc6ccc3c4c56)cc21. The Morgan fingerprint density at radius 2 is 0.597 bits per heavy atom. The predicted molar refractivity (Wildman–Crippen MR) is 311 cm³/mol. The van der Waals surface area contributed by atoms with Gasteiger partial charge in [0.2, 0.25) is 0 Å². The van der Waals surface area contributed by atoms with Gasteiger partial charge in [0.1, 0.15) is 0 Å². The van der Waals surface area contributed by atoms with E-state index in [1.54, 1.807) is 0 Å². The molecule has 336 valence electrons. The van der Waals surface area contributed by atoms with Gasteiger partial charge in [-0.1, -0.05) is 257 Å². The zero-order valence-electron chi connectivity index (χ0n) is 40.2. The van der Waals surface area contributed by atoms with Crippen LogP contribution >= 0.6 is 0 Å². The molecular weight excluding hydrogens is 881 g/mol. The van der Waals surface area contributed by atoms with Crippen LogP contribution in [0.3, 0.4) is 0 Å². The van der Waals surface area contributed by atoms with Crippen molar-refractivity contribution in [3.05, 3.63) is 266 Å². The Hall–Kier alpha value is -8.62. The summed E-state index contributed by atoms with van der Waals surface area (Å²) in [5, 5.41) is 21.2. The summed E-state index contributed by atoms with van der Waals surface area (Å²) in [4.78, 5) is 0. The Balaban J connectivity index is 0.950. The molecule has 15 rings (SSSR count). The van der Waals surface area contributed by atoms with Gasteiger partial charge >= 0.3 is 0 Å². The number of hydrogen-bond acceptors (Lipinski definition) is 0. The second kappa shape index (κ2) is 15.4. The third-order valence-corrected chi connectivity index (χ3v) is 21.5. The molecule has 0 radical (unpaired) electrons. The van der Waals surface area contributed by atoms with Crippen LogP contribution in [0.2, 0.25) is 0 Å². The Morgan fingerprint density at radius 1 is 0.264 bits per heavy atom. The summed E-state index contributed by atoms with van der Waals surface area (Å²) in [5.74, 6) is 0. The quantitative estimate of drug-likeness (QED) is 0.0849. The van der Waals surface area contributed by atoms with E-state index in [-0.39, 0.29) is 5.41 Å². The van der Waals surface area contributed by atoms with Crippen molar-refractivity contribution < 1.29 is 0 Å². The van der Waals surface area contributed by atoms with Crippen LogP contribution in [-0.4, -0.2) is 8.07 Å². The Labute approximate surface area is 420 Å². The highest BCUT2D eigenvalue weighted by Crippen LogP contribution is 2.52. The van der Waals surface area contributed by atoms with Crippen LogP contribution in [0.1, 0.15) is 25.0 Å². The smallest absolute Gasteiger partial charge is 0.0623 e. The highest BCUT2D eigenvalue weighted by Gasteiger charge is 2.44. The molecule has 0 spiro atoms. The molecule has 0 saturated carbocycles. The molecule has 0 N–H and O–H groups in total. The first-order valence-electron chi connectivity index (χ1n) is 25.4. The van der Waals surface area contributed by atoms with E-state index in [2.05, 4.69) is 269 Å². The molecule has 0 fully saturated rings. The molecule has 0 amide bonds. The molecular formula is C71H48Si. The van der Waals surface area contributed by atoms with Crippen molar-refractivity contribution in [1.29, 1.82) is 0 Å². The first kappa shape index (κ1) is 41.2. The van der Waals surface area contributed by atoms with Crippen LogP contribution in [0.15, 0.2) is 255 Å². The van der Waals surface area contributed by atoms with Crippen LogP contribution < -0.4 is 20.7 Å². The second-order valence-corrected chi connectivity index (χ2v) is 24.5. The highest BCUT2D eigenvalue weighted by molar-refractivity contribution is 7.20. The summed E-state index contributed by atoms with van der Waals surface area (Å²) < 4.78 is 0. The van der Waals surface area contributed by atoms with Crippen LogP contribution in [0.4, 0.5) is 0 Å². The van der Waals surface area contributed by atoms with Crippen molar-refractivity contribution in [2.45, 2.75) is 19.3 Å². The van der Waals surface area contributed by atoms with Crippen LogP contribution in [-0.2, 0) is 5.41 Å². The van der Waals surface area contributed by atoms with Gasteiger partial charge in [-0.25, -0.2) is 0 Å². The molecule has 14 aromatic carbocycles. The van der Waals surface area contributed by atoms with E-state index in [0.717, 1.165) is 0 Å². The largest absolute Gasteiger partial charge is 0.180 e. The Bertz CT molecular complexity index is 4320. The number of hydrogen-bond donors (Lipinski definition) is 0. The maximum Gasteiger partial charge on any atom is 0.180 e. The number of rotatable bonds is 7. The van der Waals surface area contributed by atoms with E-state index >= 15 is 0 Å².